The molecule has 3 aromatic rings. The van der Waals surface area contributed by atoms with Gasteiger partial charge < -0.3 is 4.18 Å². The van der Waals surface area contributed by atoms with E-state index in [0.29, 0.717) is 11.5 Å². The third kappa shape index (κ3) is 2.91. The number of fused-ring (bicyclic) bond motifs is 1. The fourth-order valence-electron chi connectivity index (χ4n) is 2.22. The molecule has 0 N–H and O–H groups in total. The second kappa shape index (κ2) is 5.89. The Bertz CT molecular complexity index is 1040. The van der Waals surface area contributed by atoms with Crippen LogP contribution in [0.25, 0.3) is 10.8 Å². The lowest BCUT2D eigenvalue weighted by Gasteiger charge is -2.09. The molecular weight excluding hydrogens is 337 g/mol. The van der Waals surface area contributed by atoms with Crippen LogP contribution in [0.5, 0.6) is 5.75 Å². The van der Waals surface area contributed by atoms with E-state index in [0.717, 1.165) is 17.5 Å². The summed E-state index contributed by atoms with van der Waals surface area (Å²) in [4.78, 5) is 9.27. The van der Waals surface area contributed by atoms with E-state index in [9.17, 15) is 22.9 Å². The Balaban J connectivity index is 2.05. The first kappa shape index (κ1) is 15.9. The highest BCUT2D eigenvalue weighted by Gasteiger charge is 2.23. The van der Waals surface area contributed by atoms with Gasteiger partial charge in [-0.25, -0.2) is 0 Å². The van der Waals surface area contributed by atoms with Crippen LogP contribution in [0.4, 0.5) is 10.1 Å². The fraction of sp³-hybridized carbons (Fsp3) is 0. The zero-order chi connectivity index (χ0) is 17.3. The fourth-order valence-corrected chi connectivity index (χ4v) is 3.19. The Kier molecular flexibility index (Phi) is 3.90. The van der Waals surface area contributed by atoms with Crippen molar-refractivity contribution in [3.8, 4) is 5.75 Å². The molecule has 0 unspecified atom stereocenters. The van der Waals surface area contributed by atoms with Crippen molar-refractivity contribution in [3.05, 3.63) is 76.6 Å². The second-order valence-corrected chi connectivity index (χ2v) is 6.43. The topological polar surface area (TPSA) is 86.5 Å². The highest BCUT2D eigenvalue weighted by atomic mass is 32.2. The van der Waals surface area contributed by atoms with Crippen molar-refractivity contribution in [2.24, 2.45) is 0 Å². The van der Waals surface area contributed by atoms with Gasteiger partial charge in [0.15, 0.2) is 5.75 Å². The first-order valence-electron chi connectivity index (χ1n) is 6.75. The molecule has 0 saturated heterocycles. The summed E-state index contributed by atoms with van der Waals surface area (Å²) in [6, 6.07) is 14.2. The van der Waals surface area contributed by atoms with Crippen molar-refractivity contribution in [1.29, 1.82) is 0 Å². The average molecular weight is 347 g/mol. The molecule has 3 rings (SSSR count). The van der Waals surface area contributed by atoms with Crippen LogP contribution < -0.4 is 4.18 Å². The van der Waals surface area contributed by atoms with Crippen molar-refractivity contribution < 1.29 is 21.9 Å². The number of nitrogens with zero attached hydrogens (tertiary/aromatic N) is 1. The molecule has 0 spiro atoms. The smallest absolute Gasteiger partial charge is 0.339 e. The molecule has 0 aliphatic carbocycles. The average Bonchev–Trinajstić information content (AvgIpc) is 2.55. The van der Waals surface area contributed by atoms with E-state index >= 15 is 0 Å². The van der Waals surface area contributed by atoms with Gasteiger partial charge in [0.25, 0.3) is 0 Å². The predicted molar refractivity (Wildman–Crippen MR) is 84.8 cm³/mol. The maximum Gasteiger partial charge on any atom is 0.339 e. The van der Waals surface area contributed by atoms with E-state index in [-0.39, 0.29) is 5.75 Å². The Labute approximate surface area is 136 Å². The lowest BCUT2D eigenvalue weighted by atomic mass is 10.1. The number of benzene rings is 3. The number of hydrogen-bond acceptors (Lipinski definition) is 5. The highest BCUT2D eigenvalue weighted by molar-refractivity contribution is 7.87. The minimum atomic E-state index is -4.35. The zero-order valence-electron chi connectivity index (χ0n) is 12.0. The maximum absolute atomic E-state index is 13.4. The van der Waals surface area contributed by atoms with Crippen LogP contribution in [0.1, 0.15) is 0 Å². The van der Waals surface area contributed by atoms with Gasteiger partial charge in [0, 0.05) is 11.5 Å². The molecule has 0 radical (unpaired) electrons. The monoisotopic (exact) mass is 347 g/mol. The number of nitro benzene ring substituents is 1. The summed E-state index contributed by atoms with van der Waals surface area (Å²) < 4.78 is 43.2. The molecule has 0 heterocycles. The molecule has 0 aliphatic rings. The molecule has 122 valence electrons. The number of rotatable bonds is 4. The third-order valence-electron chi connectivity index (χ3n) is 3.35. The first-order valence-corrected chi connectivity index (χ1v) is 8.15. The Morgan fingerprint density at radius 1 is 1.00 bits per heavy atom. The molecule has 0 bridgehead atoms. The molecule has 8 heteroatoms. The predicted octanol–water partition coefficient (Wildman–Crippen LogP) is 3.65. The van der Waals surface area contributed by atoms with E-state index < -0.39 is 31.4 Å². The normalized spacial score (nSPS) is 11.4. The van der Waals surface area contributed by atoms with Crippen LogP contribution >= 0.6 is 0 Å². The van der Waals surface area contributed by atoms with Crippen molar-refractivity contribution in [1.82, 2.24) is 0 Å². The lowest BCUT2D eigenvalue weighted by Crippen LogP contribution is -2.10. The molecule has 0 saturated carbocycles. The van der Waals surface area contributed by atoms with Gasteiger partial charge in [-0.05, 0) is 23.6 Å². The Morgan fingerprint density at radius 2 is 1.71 bits per heavy atom. The third-order valence-corrected chi connectivity index (χ3v) is 4.58. The maximum atomic E-state index is 13.4. The summed E-state index contributed by atoms with van der Waals surface area (Å²) in [6.45, 7) is 0. The minimum absolute atomic E-state index is 0.0834. The van der Waals surface area contributed by atoms with Crippen LogP contribution in [-0.2, 0) is 10.1 Å². The van der Waals surface area contributed by atoms with Gasteiger partial charge in [0.2, 0.25) is 5.82 Å². The molecular formula is C16H10FNO5S. The Morgan fingerprint density at radius 3 is 2.46 bits per heavy atom. The standard InChI is InChI=1S/C16H10FNO5S/c17-14-9-8-12(10-15(14)18(19)20)24(21,22)23-16-7-3-5-11-4-1-2-6-13(11)16/h1-10H. The van der Waals surface area contributed by atoms with E-state index in [4.69, 9.17) is 4.18 Å². The summed E-state index contributed by atoms with van der Waals surface area (Å²) in [5.41, 5.74) is -0.933. The summed E-state index contributed by atoms with van der Waals surface area (Å²) in [5.74, 6) is -1.04. The zero-order valence-corrected chi connectivity index (χ0v) is 12.9. The molecule has 0 aromatic heterocycles. The van der Waals surface area contributed by atoms with Gasteiger partial charge in [0.1, 0.15) is 4.90 Å². The van der Waals surface area contributed by atoms with Crippen LogP contribution in [-0.4, -0.2) is 13.3 Å². The van der Waals surface area contributed by atoms with Gasteiger partial charge in [-0.2, -0.15) is 12.8 Å². The summed E-state index contributed by atoms with van der Waals surface area (Å²) in [7, 11) is -4.35. The van der Waals surface area contributed by atoms with Crippen LogP contribution in [0.2, 0.25) is 0 Å². The van der Waals surface area contributed by atoms with Crippen molar-refractivity contribution in [2.75, 3.05) is 0 Å². The molecule has 3 aromatic carbocycles. The molecule has 24 heavy (non-hydrogen) atoms. The van der Waals surface area contributed by atoms with Gasteiger partial charge in [-0.3, -0.25) is 10.1 Å². The minimum Gasteiger partial charge on any atom is -0.378 e. The van der Waals surface area contributed by atoms with Crippen LogP contribution in [0.3, 0.4) is 0 Å². The summed E-state index contributed by atoms with van der Waals surface area (Å²) >= 11 is 0. The van der Waals surface area contributed by atoms with Crippen molar-refractivity contribution in [2.45, 2.75) is 4.90 Å². The van der Waals surface area contributed by atoms with E-state index in [2.05, 4.69) is 0 Å². The second-order valence-electron chi connectivity index (χ2n) is 4.89. The van der Waals surface area contributed by atoms with Crippen molar-refractivity contribution >= 4 is 26.6 Å². The SMILES string of the molecule is O=[N+]([O-])c1cc(S(=O)(=O)Oc2cccc3ccccc23)ccc1F. The number of nitro groups is 1. The van der Waals surface area contributed by atoms with Gasteiger partial charge in [-0.15, -0.1) is 0 Å². The van der Waals surface area contributed by atoms with Gasteiger partial charge in [-0.1, -0.05) is 36.4 Å². The molecule has 0 fully saturated rings. The van der Waals surface area contributed by atoms with Crippen molar-refractivity contribution in [3.63, 3.8) is 0 Å². The summed E-state index contributed by atoms with van der Waals surface area (Å²) in [5, 5.41) is 12.1. The Hall–Kier alpha value is -3.00. The quantitative estimate of drug-likeness (QED) is 0.408. The van der Waals surface area contributed by atoms with E-state index in [1.54, 1.807) is 36.4 Å². The first-order chi connectivity index (χ1) is 11.4. The largest absolute Gasteiger partial charge is 0.378 e. The van der Waals surface area contributed by atoms with E-state index in [1.807, 2.05) is 0 Å². The lowest BCUT2D eigenvalue weighted by molar-refractivity contribution is -0.387. The molecule has 0 aliphatic heterocycles. The number of hydrogen-bond donors (Lipinski definition) is 0. The highest BCUT2D eigenvalue weighted by Crippen LogP contribution is 2.29. The molecule has 6 nitrogen and oxygen atoms in total. The van der Waals surface area contributed by atoms with Gasteiger partial charge >= 0.3 is 15.8 Å². The van der Waals surface area contributed by atoms with Crippen LogP contribution in [0.15, 0.2) is 65.6 Å². The van der Waals surface area contributed by atoms with Gasteiger partial charge in [0.05, 0.1) is 4.92 Å². The summed E-state index contributed by atoms with van der Waals surface area (Å²) in [6.07, 6.45) is 0. The van der Waals surface area contributed by atoms with E-state index in [1.165, 1.54) is 6.07 Å². The molecule has 0 atom stereocenters. The molecule has 0 amide bonds. The number of halogens is 1. The van der Waals surface area contributed by atoms with Crippen LogP contribution in [0, 0.1) is 15.9 Å².